The Bertz CT molecular complexity index is 1090. The van der Waals surface area contributed by atoms with Crippen molar-refractivity contribution in [3.05, 3.63) is 76.2 Å². The number of hydrogen-bond donors (Lipinski definition) is 2. The van der Waals surface area contributed by atoms with Crippen LogP contribution in [0.25, 0.3) is 0 Å². The molecule has 1 fully saturated rings. The number of anilines is 1. The van der Waals surface area contributed by atoms with Crippen LogP contribution in [-0.2, 0) is 9.53 Å². The molecule has 2 aromatic carbocycles. The maximum absolute atomic E-state index is 13.5. The van der Waals surface area contributed by atoms with Crippen molar-refractivity contribution in [2.24, 2.45) is 0 Å². The third kappa shape index (κ3) is 5.22. The molecule has 2 amide bonds. The van der Waals surface area contributed by atoms with E-state index in [-0.39, 0.29) is 12.4 Å². The van der Waals surface area contributed by atoms with Crippen molar-refractivity contribution >= 4 is 17.7 Å². The van der Waals surface area contributed by atoms with E-state index < -0.39 is 18.0 Å². The SMILES string of the molecule is CCOC(=O)C1=C(CN2CCN(c3ccc(C)cc3C)CC2)NC(=O)N[C@@H]1c1ccc(F)cc1. The van der Waals surface area contributed by atoms with Gasteiger partial charge in [-0.3, -0.25) is 4.90 Å². The lowest BCUT2D eigenvalue weighted by Gasteiger charge is -2.38. The fourth-order valence-electron chi connectivity index (χ4n) is 4.63. The third-order valence-corrected chi connectivity index (χ3v) is 6.30. The van der Waals surface area contributed by atoms with Crippen LogP contribution in [0.4, 0.5) is 14.9 Å². The zero-order valence-electron chi connectivity index (χ0n) is 19.9. The lowest BCUT2D eigenvalue weighted by molar-refractivity contribution is -0.139. The van der Waals surface area contributed by atoms with Crippen molar-refractivity contribution in [2.45, 2.75) is 26.8 Å². The van der Waals surface area contributed by atoms with E-state index in [0.29, 0.717) is 23.4 Å². The van der Waals surface area contributed by atoms with Crippen molar-refractivity contribution in [2.75, 3.05) is 44.2 Å². The quantitative estimate of drug-likeness (QED) is 0.638. The molecule has 0 radical (unpaired) electrons. The Morgan fingerprint density at radius 3 is 2.44 bits per heavy atom. The van der Waals surface area contributed by atoms with Crippen LogP contribution in [0.3, 0.4) is 0 Å². The monoisotopic (exact) mass is 466 g/mol. The molecular weight excluding hydrogens is 435 g/mol. The van der Waals surface area contributed by atoms with Gasteiger partial charge in [-0.25, -0.2) is 14.0 Å². The standard InChI is InChI=1S/C26H31FN4O3/c1-4-34-25(32)23-21(28-26(33)29-24(23)19-6-8-20(27)9-7-19)16-30-11-13-31(14-12-30)22-10-5-17(2)15-18(22)3/h5-10,15,24H,4,11-14,16H2,1-3H3,(H2,28,29,33)/t24-/m1/s1. The second kappa shape index (κ2) is 10.3. The molecule has 0 saturated carbocycles. The van der Waals surface area contributed by atoms with E-state index in [0.717, 1.165) is 26.2 Å². The molecular formula is C26H31FN4O3. The molecule has 34 heavy (non-hydrogen) atoms. The first-order valence-corrected chi connectivity index (χ1v) is 11.6. The molecule has 2 N–H and O–H groups in total. The van der Waals surface area contributed by atoms with Gasteiger partial charge in [-0.1, -0.05) is 29.8 Å². The van der Waals surface area contributed by atoms with Gasteiger partial charge in [-0.05, 0) is 50.1 Å². The molecule has 2 aliphatic rings. The number of rotatable bonds is 6. The number of halogens is 1. The van der Waals surface area contributed by atoms with Gasteiger partial charge in [0.15, 0.2) is 0 Å². The van der Waals surface area contributed by atoms with E-state index in [4.69, 9.17) is 4.74 Å². The van der Waals surface area contributed by atoms with Gasteiger partial charge >= 0.3 is 12.0 Å². The van der Waals surface area contributed by atoms with Crippen molar-refractivity contribution in [3.63, 3.8) is 0 Å². The van der Waals surface area contributed by atoms with E-state index in [1.165, 1.54) is 28.9 Å². The summed E-state index contributed by atoms with van der Waals surface area (Å²) >= 11 is 0. The zero-order valence-corrected chi connectivity index (χ0v) is 19.9. The number of nitrogens with zero attached hydrogens (tertiary/aromatic N) is 2. The normalized spacial score (nSPS) is 19.0. The maximum atomic E-state index is 13.5. The Hall–Kier alpha value is -3.39. The van der Waals surface area contributed by atoms with E-state index in [2.05, 4.69) is 52.5 Å². The second-order valence-electron chi connectivity index (χ2n) is 8.75. The van der Waals surface area contributed by atoms with Crippen LogP contribution >= 0.6 is 0 Å². The molecule has 8 heteroatoms. The lowest BCUT2D eigenvalue weighted by atomic mass is 9.95. The van der Waals surface area contributed by atoms with Crippen molar-refractivity contribution in [3.8, 4) is 0 Å². The molecule has 0 spiro atoms. The molecule has 4 rings (SSSR count). The zero-order chi connectivity index (χ0) is 24.2. The summed E-state index contributed by atoms with van der Waals surface area (Å²) in [5, 5.41) is 5.61. The van der Waals surface area contributed by atoms with Crippen LogP contribution in [0.15, 0.2) is 53.7 Å². The number of esters is 1. The van der Waals surface area contributed by atoms with E-state index >= 15 is 0 Å². The van der Waals surface area contributed by atoms with E-state index in [1.807, 2.05) is 0 Å². The highest BCUT2D eigenvalue weighted by molar-refractivity contribution is 5.95. The smallest absolute Gasteiger partial charge is 0.338 e. The van der Waals surface area contributed by atoms with Crippen molar-refractivity contribution in [1.82, 2.24) is 15.5 Å². The highest BCUT2D eigenvalue weighted by Gasteiger charge is 2.34. The van der Waals surface area contributed by atoms with Crippen LogP contribution in [0.2, 0.25) is 0 Å². The summed E-state index contributed by atoms with van der Waals surface area (Å²) < 4.78 is 18.8. The number of amides is 2. The van der Waals surface area contributed by atoms with Gasteiger partial charge in [0.25, 0.3) is 0 Å². The summed E-state index contributed by atoms with van der Waals surface area (Å²) in [4.78, 5) is 30.0. The van der Waals surface area contributed by atoms with Crippen LogP contribution in [0, 0.1) is 19.7 Å². The number of urea groups is 1. The Labute approximate surface area is 199 Å². The predicted octanol–water partition coefficient (Wildman–Crippen LogP) is 3.44. The van der Waals surface area contributed by atoms with Crippen molar-refractivity contribution < 1.29 is 18.7 Å². The Morgan fingerprint density at radius 2 is 1.79 bits per heavy atom. The van der Waals surface area contributed by atoms with E-state index in [9.17, 15) is 14.0 Å². The molecule has 0 aromatic heterocycles. The minimum atomic E-state index is -0.708. The number of carbonyl (C=O) groups excluding carboxylic acids is 2. The number of piperazine rings is 1. The largest absolute Gasteiger partial charge is 0.463 e. The van der Waals surface area contributed by atoms with Gasteiger partial charge in [0.05, 0.1) is 18.2 Å². The van der Waals surface area contributed by atoms with Gasteiger partial charge in [0, 0.05) is 44.1 Å². The number of benzene rings is 2. The average Bonchev–Trinajstić information content (AvgIpc) is 2.80. The Balaban J connectivity index is 1.55. The van der Waals surface area contributed by atoms with Gasteiger partial charge < -0.3 is 20.3 Å². The Kier molecular flexibility index (Phi) is 7.17. The third-order valence-electron chi connectivity index (χ3n) is 6.30. The maximum Gasteiger partial charge on any atom is 0.338 e. The fraction of sp³-hybridized carbons (Fsp3) is 0.385. The molecule has 1 atom stereocenters. The number of aryl methyl sites for hydroxylation is 2. The van der Waals surface area contributed by atoms with Crippen LogP contribution < -0.4 is 15.5 Å². The van der Waals surface area contributed by atoms with E-state index in [1.54, 1.807) is 19.1 Å². The summed E-state index contributed by atoms with van der Waals surface area (Å²) in [6, 6.07) is 11.2. The lowest BCUT2D eigenvalue weighted by Crippen LogP contribution is -2.52. The topological polar surface area (TPSA) is 73.9 Å². The first kappa shape index (κ1) is 23.8. The van der Waals surface area contributed by atoms with Gasteiger partial charge in [-0.15, -0.1) is 0 Å². The average molecular weight is 467 g/mol. The number of ether oxygens (including phenoxy) is 1. The van der Waals surface area contributed by atoms with Crippen LogP contribution in [-0.4, -0.2) is 56.2 Å². The highest BCUT2D eigenvalue weighted by Crippen LogP contribution is 2.29. The molecule has 1 saturated heterocycles. The summed E-state index contributed by atoms with van der Waals surface area (Å²) in [5.41, 5.74) is 5.24. The summed E-state index contributed by atoms with van der Waals surface area (Å²) in [6.45, 7) is 9.87. The van der Waals surface area contributed by atoms with Gasteiger partial charge in [-0.2, -0.15) is 0 Å². The number of hydrogen-bond acceptors (Lipinski definition) is 5. The number of nitrogens with one attached hydrogen (secondary N) is 2. The highest BCUT2D eigenvalue weighted by atomic mass is 19.1. The molecule has 180 valence electrons. The summed E-state index contributed by atoms with van der Waals surface area (Å²) in [6.07, 6.45) is 0. The molecule has 7 nitrogen and oxygen atoms in total. The summed E-state index contributed by atoms with van der Waals surface area (Å²) in [7, 11) is 0. The predicted molar refractivity (Wildman–Crippen MR) is 129 cm³/mol. The fourth-order valence-corrected chi connectivity index (χ4v) is 4.63. The first-order valence-electron chi connectivity index (χ1n) is 11.6. The minimum absolute atomic E-state index is 0.217. The molecule has 0 unspecified atom stereocenters. The molecule has 2 heterocycles. The second-order valence-corrected chi connectivity index (χ2v) is 8.75. The molecule has 0 aliphatic carbocycles. The van der Waals surface area contributed by atoms with Gasteiger partial charge in [0.1, 0.15) is 5.82 Å². The van der Waals surface area contributed by atoms with Crippen LogP contribution in [0.1, 0.15) is 29.7 Å². The van der Waals surface area contributed by atoms with Crippen molar-refractivity contribution in [1.29, 1.82) is 0 Å². The Morgan fingerprint density at radius 1 is 1.09 bits per heavy atom. The van der Waals surface area contributed by atoms with Crippen LogP contribution in [0.5, 0.6) is 0 Å². The first-order chi connectivity index (χ1) is 16.4. The van der Waals surface area contributed by atoms with Gasteiger partial charge in [0.2, 0.25) is 0 Å². The minimum Gasteiger partial charge on any atom is -0.463 e. The number of carbonyl (C=O) groups is 2. The summed E-state index contributed by atoms with van der Waals surface area (Å²) in [5.74, 6) is -0.874. The molecule has 2 aromatic rings. The molecule has 0 bridgehead atoms. The molecule has 2 aliphatic heterocycles.